The molecule has 26 heavy (non-hydrogen) atoms. The normalized spacial score (nSPS) is 15.0. The predicted molar refractivity (Wildman–Crippen MR) is 108 cm³/mol. The summed E-state index contributed by atoms with van der Waals surface area (Å²) in [5, 5.41) is 20.6. The number of nitrogens with one attached hydrogen (secondary N) is 3. The van der Waals surface area contributed by atoms with E-state index >= 15 is 0 Å². The largest absolute Gasteiger partial charge is 0.364 e. The van der Waals surface area contributed by atoms with Crippen molar-refractivity contribution in [1.29, 1.82) is 10.8 Å². The van der Waals surface area contributed by atoms with Crippen molar-refractivity contribution in [1.82, 2.24) is 5.32 Å². The minimum Gasteiger partial charge on any atom is -0.364 e. The number of carbonyl (C=O) groups excluding carboxylic acids is 1. The summed E-state index contributed by atoms with van der Waals surface area (Å²) in [4.78, 5) is 12.9. The molecule has 136 valence electrons. The molecule has 2 heterocycles. The summed E-state index contributed by atoms with van der Waals surface area (Å²) in [5.41, 5.74) is 7.15. The van der Waals surface area contributed by atoms with Crippen molar-refractivity contribution >= 4 is 40.3 Å². The van der Waals surface area contributed by atoms with E-state index in [0.717, 1.165) is 36.4 Å². The molecule has 1 aliphatic heterocycles. The smallest absolute Gasteiger partial charge is 0.268 e. The Kier molecular flexibility index (Phi) is 5.86. The quantitative estimate of drug-likeness (QED) is 0.567. The Bertz CT molecular complexity index is 838. The van der Waals surface area contributed by atoms with Gasteiger partial charge in [0.1, 0.15) is 5.71 Å². The summed E-state index contributed by atoms with van der Waals surface area (Å²) < 4.78 is 0. The number of halogens is 1. The molecule has 0 bridgehead atoms. The summed E-state index contributed by atoms with van der Waals surface area (Å²) in [6.07, 6.45) is 2.73. The second-order valence-corrected chi connectivity index (χ2v) is 7.96. The van der Waals surface area contributed by atoms with Gasteiger partial charge in [-0.25, -0.2) is 0 Å². The van der Waals surface area contributed by atoms with E-state index in [4.69, 9.17) is 28.2 Å². The Morgan fingerprint density at radius 3 is 2.50 bits per heavy atom. The predicted octanol–water partition coefficient (Wildman–Crippen LogP) is 3.68. The average molecular weight is 389 g/mol. The maximum atomic E-state index is 11.6. The number of carbonyl (C=O) groups is 1. The molecule has 0 aliphatic carbocycles. The van der Waals surface area contributed by atoms with Crippen molar-refractivity contribution in [2.24, 2.45) is 11.7 Å². The van der Waals surface area contributed by atoms with Gasteiger partial charge in [0.05, 0.1) is 4.88 Å². The number of hydrogen-bond donors (Lipinski definition) is 4. The van der Waals surface area contributed by atoms with Crippen molar-refractivity contribution in [2.45, 2.75) is 19.3 Å². The van der Waals surface area contributed by atoms with Crippen molar-refractivity contribution < 1.29 is 4.79 Å². The maximum absolute atomic E-state index is 11.6. The molecule has 0 atom stereocenters. The fourth-order valence-electron chi connectivity index (χ4n) is 3.15. The van der Waals surface area contributed by atoms with E-state index in [-0.39, 0.29) is 5.71 Å². The van der Waals surface area contributed by atoms with Gasteiger partial charge in [-0.15, -0.1) is 11.3 Å². The van der Waals surface area contributed by atoms with Gasteiger partial charge in [0, 0.05) is 21.2 Å². The van der Waals surface area contributed by atoms with Crippen LogP contribution in [-0.4, -0.2) is 30.4 Å². The van der Waals surface area contributed by atoms with E-state index in [2.05, 4.69) is 5.32 Å². The topological polar surface area (TPSA) is 103 Å². The van der Waals surface area contributed by atoms with E-state index in [1.165, 1.54) is 11.3 Å². The van der Waals surface area contributed by atoms with Crippen LogP contribution in [0.4, 0.5) is 0 Å². The minimum atomic E-state index is -0.773. The van der Waals surface area contributed by atoms with Crippen molar-refractivity contribution in [3.05, 3.63) is 45.8 Å². The fourth-order valence-corrected chi connectivity index (χ4v) is 4.43. The lowest BCUT2D eigenvalue weighted by atomic mass is 9.90. The third-order valence-corrected chi connectivity index (χ3v) is 6.06. The second kappa shape index (κ2) is 8.12. The van der Waals surface area contributed by atoms with Crippen LogP contribution < -0.4 is 11.1 Å². The number of nitrogens with two attached hydrogens (primary N) is 1. The van der Waals surface area contributed by atoms with Gasteiger partial charge in [-0.05, 0) is 62.0 Å². The molecule has 1 aromatic heterocycles. The van der Waals surface area contributed by atoms with Gasteiger partial charge in [0.15, 0.2) is 0 Å². The first kappa shape index (κ1) is 18.8. The molecule has 1 fully saturated rings. The van der Waals surface area contributed by atoms with Crippen LogP contribution >= 0.6 is 22.9 Å². The highest BCUT2D eigenvalue weighted by Gasteiger charge is 2.23. The highest BCUT2D eigenvalue weighted by molar-refractivity contribution is 7.18. The number of amides is 1. The van der Waals surface area contributed by atoms with Gasteiger partial charge >= 0.3 is 0 Å². The number of thiophene rings is 1. The van der Waals surface area contributed by atoms with Gasteiger partial charge in [0.2, 0.25) is 0 Å². The number of piperidine rings is 1. The van der Waals surface area contributed by atoms with E-state index in [0.29, 0.717) is 33.5 Å². The van der Waals surface area contributed by atoms with Gasteiger partial charge in [-0.3, -0.25) is 10.2 Å². The molecule has 1 aromatic carbocycles. The number of primary amides is 1. The molecule has 2 aromatic rings. The van der Waals surface area contributed by atoms with Crippen molar-refractivity contribution in [3.63, 3.8) is 0 Å². The SMILES string of the molecule is N=C(CC1CCNCC1)c1cc(-c2ccc(Cl)cc2)sc1C(=N)C(N)=O. The molecular weight excluding hydrogens is 368 g/mol. The molecule has 1 aliphatic rings. The summed E-state index contributed by atoms with van der Waals surface area (Å²) in [5.74, 6) is -0.316. The lowest BCUT2D eigenvalue weighted by Gasteiger charge is -2.22. The van der Waals surface area contributed by atoms with Crippen LogP contribution in [0.3, 0.4) is 0 Å². The molecule has 5 N–H and O–H groups in total. The summed E-state index contributed by atoms with van der Waals surface area (Å²) in [6.45, 7) is 1.95. The zero-order valence-electron chi connectivity index (χ0n) is 14.3. The van der Waals surface area contributed by atoms with Gasteiger partial charge in [0.25, 0.3) is 5.91 Å². The van der Waals surface area contributed by atoms with E-state index in [1.807, 2.05) is 18.2 Å². The van der Waals surface area contributed by atoms with Crippen LogP contribution in [0.25, 0.3) is 10.4 Å². The number of rotatable bonds is 6. The Morgan fingerprint density at radius 1 is 1.23 bits per heavy atom. The van der Waals surface area contributed by atoms with Gasteiger partial charge in [-0.1, -0.05) is 23.7 Å². The molecule has 0 radical (unpaired) electrons. The first-order valence-electron chi connectivity index (χ1n) is 8.52. The van der Waals surface area contributed by atoms with E-state index in [9.17, 15) is 4.79 Å². The maximum Gasteiger partial charge on any atom is 0.268 e. The standard InChI is InChI=1S/C19H21ClN4OS/c20-13-3-1-12(2-4-13)16-10-14(18(26-16)17(22)19(23)25)15(21)9-11-5-7-24-8-6-11/h1-4,10-11,21-22,24H,5-9H2,(H2,23,25). The zero-order valence-corrected chi connectivity index (χ0v) is 15.8. The molecule has 5 nitrogen and oxygen atoms in total. The number of benzene rings is 1. The third kappa shape index (κ3) is 4.20. The Morgan fingerprint density at radius 2 is 1.88 bits per heavy atom. The van der Waals surface area contributed by atoms with E-state index in [1.54, 1.807) is 12.1 Å². The zero-order chi connectivity index (χ0) is 18.7. The fraction of sp³-hybridized carbons (Fsp3) is 0.316. The molecule has 3 rings (SSSR count). The minimum absolute atomic E-state index is 0.236. The third-order valence-electron chi connectivity index (χ3n) is 4.61. The van der Waals surface area contributed by atoms with Gasteiger partial charge < -0.3 is 16.5 Å². The second-order valence-electron chi connectivity index (χ2n) is 6.48. The molecule has 1 saturated heterocycles. The summed E-state index contributed by atoms with van der Waals surface area (Å²) in [7, 11) is 0. The molecule has 7 heteroatoms. The monoisotopic (exact) mass is 388 g/mol. The molecule has 0 spiro atoms. The van der Waals surface area contributed by atoms with Crippen LogP contribution in [0.2, 0.25) is 5.02 Å². The number of hydrogen-bond acceptors (Lipinski definition) is 5. The summed E-state index contributed by atoms with van der Waals surface area (Å²) >= 11 is 7.28. The lowest BCUT2D eigenvalue weighted by Crippen LogP contribution is -2.29. The van der Waals surface area contributed by atoms with Gasteiger partial charge in [-0.2, -0.15) is 0 Å². The van der Waals surface area contributed by atoms with Crippen LogP contribution in [0.15, 0.2) is 30.3 Å². The molecular formula is C19H21ClN4OS. The molecule has 0 saturated carbocycles. The van der Waals surface area contributed by atoms with Crippen LogP contribution in [0.1, 0.15) is 29.7 Å². The molecule has 1 amide bonds. The highest BCUT2D eigenvalue weighted by Crippen LogP contribution is 2.34. The Labute approximate surface area is 161 Å². The van der Waals surface area contributed by atoms with Crippen LogP contribution in [0, 0.1) is 16.7 Å². The molecule has 0 unspecified atom stereocenters. The van der Waals surface area contributed by atoms with E-state index < -0.39 is 5.91 Å². The first-order chi connectivity index (χ1) is 12.5. The lowest BCUT2D eigenvalue weighted by molar-refractivity contribution is -0.112. The summed E-state index contributed by atoms with van der Waals surface area (Å²) in [6, 6.07) is 9.29. The Balaban J connectivity index is 1.93. The average Bonchev–Trinajstić information content (AvgIpc) is 3.08. The van der Waals surface area contributed by atoms with Crippen molar-refractivity contribution in [2.75, 3.05) is 13.1 Å². The first-order valence-corrected chi connectivity index (χ1v) is 9.72. The Hall–Kier alpha value is -2.02. The van der Waals surface area contributed by atoms with Crippen LogP contribution in [0.5, 0.6) is 0 Å². The highest BCUT2D eigenvalue weighted by atomic mass is 35.5. The van der Waals surface area contributed by atoms with Crippen LogP contribution in [-0.2, 0) is 4.79 Å². The van der Waals surface area contributed by atoms with Crippen molar-refractivity contribution in [3.8, 4) is 10.4 Å².